The lowest BCUT2D eigenvalue weighted by atomic mass is 9.90. The van der Waals surface area contributed by atoms with Crippen molar-refractivity contribution in [1.82, 2.24) is 0 Å². The van der Waals surface area contributed by atoms with Crippen LogP contribution < -0.4 is 19.4 Å². The highest BCUT2D eigenvalue weighted by atomic mass is 79.9. The Morgan fingerprint density at radius 3 is 2.38 bits per heavy atom. The van der Waals surface area contributed by atoms with Crippen LogP contribution in [0.3, 0.4) is 0 Å². The van der Waals surface area contributed by atoms with E-state index in [4.69, 9.17) is 14.3 Å². The zero-order valence-electron chi connectivity index (χ0n) is 18.7. The Kier molecular flexibility index (Phi) is 6.02. The Morgan fingerprint density at radius 2 is 1.68 bits per heavy atom. The number of carbonyl (C=O) groups is 2. The number of benzene rings is 3. The molecule has 0 bridgehead atoms. The molecule has 2 amide bonds. The minimum absolute atomic E-state index is 0.322. The maximum Gasteiger partial charge on any atom is 0.266 e. The van der Waals surface area contributed by atoms with Gasteiger partial charge in [-0.2, -0.15) is 0 Å². The number of anilines is 2. The Balaban J connectivity index is 1.59. The number of hydrogen-bond acceptors (Lipinski definition) is 6. The van der Waals surface area contributed by atoms with E-state index >= 15 is 0 Å². The summed E-state index contributed by atoms with van der Waals surface area (Å²) in [5.74, 6) is -0.305. The minimum atomic E-state index is -0.951. The SMILES string of the molecule is CCOc1ccccc1N1C(=O)[C@@H]2[C@@H](ON(c3ccccc3)[C@H]2c2ccc(OC)c(Br)c2)C1=O. The summed E-state index contributed by atoms with van der Waals surface area (Å²) in [5.41, 5.74) is 2.01. The molecule has 0 unspecified atom stereocenters. The Hall–Kier alpha value is -3.36. The third-order valence-corrected chi connectivity index (χ3v) is 6.67. The predicted octanol–water partition coefficient (Wildman–Crippen LogP) is 4.91. The maximum atomic E-state index is 13.8. The lowest BCUT2D eigenvalue weighted by Gasteiger charge is -2.29. The number of hydroxylamine groups is 1. The van der Waals surface area contributed by atoms with Gasteiger partial charge in [0.2, 0.25) is 5.91 Å². The number of nitrogens with zero attached hydrogens (tertiary/aromatic N) is 2. The van der Waals surface area contributed by atoms with Crippen molar-refractivity contribution in [2.75, 3.05) is 23.7 Å². The first-order valence-corrected chi connectivity index (χ1v) is 11.8. The van der Waals surface area contributed by atoms with E-state index < -0.39 is 24.0 Å². The van der Waals surface area contributed by atoms with Gasteiger partial charge in [-0.25, -0.2) is 9.96 Å². The molecule has 34 heavy (non-hydrogen) atoms. The smallest absolute Gasteiger partial charge is 0.266 e. The highest BCUT2D eigenvalue weighted by Crippen LogP contribution is 2.49. The average molecular weight is 523 g/mol. The maximum absolute atomic E-state index is 13.8. The third kappa shape index (κ3) is 3.63. The fraction of sp³-hybridized carbons (Fsp3) is 0.231. The van der Waals surface area contributed by atoms with Crippen molar-refractivity contribution >= 4 is 39.1 Å². The monoisotopic (exact) mass is 522 g/mol. The summed E-state index contributed by atoms with van der Waals surface area (Å²) in [6, 6.07) is 21.6. The molecule has 3 aromatic carbocycles. The van der Waals surface area contributed by atoms with Crippen molar-refractivity contribution in [1.29, 1.82) is 0 Å². The molecule has 0 spiro atoms. The normalized spacial score (nSPS) is 21.7. The van der Waals surface area contributed by atoms with Gasteiger partial charge in [0.15, 0.2) is 6.10 Å². The number of ether oxygens (including phenoxy) is 2. The molecule has 2 aliphatic rings. The van der Waals surface area contributed by atoms with Gasteiger partial charge in [-0.15, -0.1) is 0 Å². The second-order valence-corrected chi connectivity index (χ2v) is 8.82. The Labute approximate surface area is 205 Å². The van der Waals surface area contributed by atoms with Crippen LogP contribution in [-0.2, 0) is 14.4 Å². The van der Waals surface area contributed by atoms with E-state index in [2.05, 4.69) is 15.9 Å². The fourth-order valence-electron chi connectivity index (χ4n) is 4.58. The van der Waals surface area contributed by atoms with Crippen molar-refractivity contribution in [3.05, 3.63) is 82.8 Å². The van der Waals surface area contributed by atoms with E-state index in [-0.39, 0.29) is 5.91 Å². The van der Waals surface area contributed by atoms with Crippen molar-refractivity contribution in [3.8, 4) is 11.5 Å². The van der Waals surface area contributed by atoms with Gasteiger partial charge in [-0.1, -0.05) is 36.4 Å². The molecule has 174 valence electrons. The second kappa shape index (κ2) is 9.12. The van der Waals surface area contributed by atoms with Gasteiger partial charge in [0.05, 0.1) is 35.6 Å². The first-order chi connectivity index (χ1) is 16.5. The van der Waals surface area contributed by atoms with E-state index in [1.807, 2.05) is 61.5 Å². The molecule has 0 aromatic heterocycles. The molecule has 2 heterocycles. The lowest BCUT2D eigenvalue weighted by Crippen LogP contribution is -2.37. The Morgan fingerprint density at radius 1 is 0.941 bits per heavy atom. The molecule has 3 atom stereocenters. The summed E-state index contributed by atoms with van der Waals surface area (Å²) in [4.78, 5) is 34.8. The van der Waals surface area contributed by atoms with E-state index in [0.29, 0.717) is 23.8 Å². The molecular formula is C26H23BrN2O5. The van der Waals surface area contributed by atoms with E-state index in [0.717, 1.165) is 15.7 Å². The van der Waals surface area contributed by atoms with Gasteiger partial charge < -0.3 is 9.47 Å². The molecule has 2 saturated heterocycles. The van der Waals surface area contributed by atoms with Crippen molar-refractivity contribution in [3.63, 3.8) is 0 Å². The first kappa shape index (κ1) is 22.4. The van der Waals surface area contributed by atoms with Crippen LogP contribution in [0.25, 0.3) is 0 Å². The van der Waals surface area contributed by atoms with Gasteiger partial charge in [-0.05, 0) is 64.8 Å². The molecule has 5 rings (SSSR count). The summed E-state index contributed by atoms with van der Waals surface area (Å²) in [5, 5.41) is 1.67. The largest absolute Gasteiger partial charge is 0.496 e. The van der Waals surface area contributed by atoms with Crippen LogP contribution in [0.5, 0.6) is 11.5 Å². The number of fused-ring (bicyclic) bond motifs is 1. The van der Waals surface area contributed by atoms with Crippen LogP contribution in [0.4, 0.5) is 11.4 Å². The van der Waals surface area contributed by atoms with E-state index in [1.165, 1.54) is 4.90 Å². The zero-order valence-corrected chi connectivity index (χ0v) is 20.3. The summed E-state index contributed by atoms with van der Waals surface area (Å²) in [6.45, 7) is 2.28. The van der Waals surface area contributed by atoms with E-state index in [1.54, 1.807) is 30.4 Å². The number of halogens is 1. The molecule has 7 nitrogen and oxygen atoms in total. The highest BCUT2D eigenvalue weighted by molar-refractivity contribution is 9.10. The zero-order chi connectivity index (χ0) is 23.8. The van der Waals surface area contributed by atoms with Crippen LogP contribution in [0.15, 0.2) is 77.3 Å². The number of hydrogen-bond donors (Lipinski definition) is 0. The number of imide groups is 1. The quantitative estimate of drug-likeness (QED) is 0.428. The minimum Gasteiger partial charge on any atom is -0.496 e. The van der Waals surface area contributed by atoms with Gasteiger partial charge in [0.1, 0.15) is 17.4 Å². The van der Waals surface area contributed by atoms with Crippen molar-refractivity contribution in [2.24, 2.45) is 5.92 Å². The lowest BCUT2D eigenvalue weighted by molar-refractivity contribution is -0.126. The van der Waals surface area contributed by atoms with Gasteiger partial charge in [-0.3, -0.25) is 14.4 Å². The Bertz CT molecular complexity index is 1230. The molecule has 2 fully saturated rings. The number of rotatable bonds is 6. The topological polar surface area (TPSA) is 68.3 Å². The predicted molar refractivity (Wildman–Crippen MR) is 131 cm³/mol. The number of carbonyl (C=O) groups excluding carboxylic acids is 2. The number of para-hydroxylation sites is 3. The number of amides is 2. The molecule has 0 saturated carbocycles. The van der Waals surface area contributed by atoms with Crippen LogP contribution in [0, 0.1) is 5.92 Å². The van der Waals surface area contributed by atoms with Gasteiger partial charge in [0.25, 0.3) is 5.91 Å². The van der Waals surface area contributed by atoms with Gasteiger partial charge >= 0.3 is 0 Å². The summed E-state index contributed by atoms with van der Waals surface area (Å²) >= 11 is 3.54. The van der Waals surface area contributed by atoms with Crippen LogP contribution >= 0.6 is 15.9 Å². The van der Waals surface area contributed by atoms with Crippen molar-refractivity contribution in [2.45, 2.75) is 19.1 Å². The molecule has 3 aromatic rings. The van der Waals surface area contributed by atoms with Crippen molar-refractivity contribution < 1.29 is 23.9 Å². The van der Waals surface area contributed by atoms with Crippen LogP contribution in [0.1, 0.15) is 18.5 Å². The summed E-state index contributed by atoms with van der Waals surface area (Å²) in [7, 11) is 1.59. The third-order valence-electron chi connectivity index (χ3n) is 6.05. The molecular weight excluding hydrogens is 500 g/mol. The average Bonchev–Trinajstić information content (AvgIpc) is 3.36. The van der Waals surface area contributed by atoms with Crippen LogP contribution in [-0.4, -0.2) is 31.6 Å². The van der Waals surface area contributed by atoms with E-state index in [9.17, 15) is 9.59 Å². The standard InChI is InChI=1S/C26H23BrN2O5/c1-3-33-21-12-8-7-11-19(21)28-25(30)22-23(16-13-14-20(32-2)18(27)15-16)29(34-24(22)26(28)31)17-9-5-4-6-10-17/h4-15,22-24H,3H2,1-2H3/t22-,23-,24+/m0/s1. The number of methoxy groups -OCH3 is 1. The second-order valence-electron chi connectivity index (χ2n) is 7.96. The summed E-state index contributed by atoms with van der Waals surface area (Å²) < 4.78 is 11.8. The first-order valence-electron chi connectivity index (χ1n) is 11.0. The molecule has 0 radical (unpaired) electrons. The van der Waals surface area contributed by atoms with Crippen LogP contribution in [0.2, 0.25) is 0 Å². The summed E-state index contributed by atoms with van der Waals surface area (Å²) in [6.07, 6.45) is -0.951. The molecule has 0 aliphatic carbocycles. The van der Waals surface area contributed by atoms with Gasteiger partial charge in [0, 0.05) is 0 Å². The molecule has 8 heteroatoms. The highest BCUT2D eigenvalue weighted by Gasteiger charge is 2.60. The molecule has 2 aliphatic heterocycles. The molecule has 0 N–H and O–H groups in total. The fourth-order valence-corrected chi connectivity index (χ4v) is 5.13.